The van der Waals surface area contributed by atoms with Crippen LogP contribution in [-0.4, -0.2) is 32.9 Å². The Kier molecular flexibility index (Phi) is 5.55. The summed E-state index contributed by atoms with van der Waals surface area (Å²) < 4.78 is 6.76. The molecule has 0 aromatic carbocycles. The van der Waals surface area contributed by atoms with Crippen molar-refractivity contribution in [2.45, 2.75) is 26.7 Å². The van der Waals surface area contributed by atoms with Crippen molar-refractivity contribution >= 4 is 40.2 Å². The molecule has 3 heterocycles. The molecule has 0 aliphatic heterocycles. The van der Waals surface area contributed by atoms with Crippen LogP contribution >= 0.6 is 11.6 Å². The number of hydrazine groups is 1. The third-order valence-electron chi connectivity index (χ3n) is 4.16. The smallest absolute Gasteiger partial charge is 0.337 e. The van der Waals surface area contributed by atoms with Crippen LogP contribution < -0.4 is 20.9 Å². The third kappa shape index (κ3) is 4.09. The molecule has 2 amide bonds. The lowest BCUT2D eigenvalue weighted by Gasteiger charge is -2.13. The number of hydrogen-bond acceptors (Lipinski definition) is 6. The number of hydrogen-bond donors (Lipinski definition) is 3. The number of carbonyl (C=O) groups is 1. The van der Waals surface area contributed by atoms with Gasteiger partial charge in [0.2, 0.25) is 5.88 Å². The number of pyridine rings is 2. The quantitative estimate of drug-likeness (QED) is 0.444. The van der Waals surface area contributed by atoms with Crippen LogP contribution in [0.3, 0.4) is 0 Å². The molecule has 0 aliphatic carbocycles. The fourth-order valence-electron chi connectivity index (χ4n) is 2.93. The maximum Gasteiger partial charge on any atom is 0.337 e. The van der Waals surface area contributed by atoms with E-state index in [2.05, 4.69) is 45.1 Å². The Balaban J connectivity index is 1.77. The number of aromatic nitrogens is 4. The molecule has 9 nitrogen and oxygen atoms in total. The zero-order valence-electron chi connectivity index (χ0n) is 16.3. The lowest BCUT2D eigenvalue weighted by molar-refractivity contribution is 0.254. The molecule has 0 aliphatic rings. The number of amides is 2. The van der Waals surface area contributed by atoms with Crippen LogP contribution in [0.2, 0.25) is 5.15 Å². The average molecular weight is 404 g/mol. The minimum absolute atomic E-state index is 0.211. The molecule has 0 saturated carbocycles. The van der Waals surface area contributed by atoms with Crippen molar-refractivity contribution in [2.75, 3.05) is 17.9 Å². The van der Waals surface area contributed by atoms with Crippen LogP contribution in [0.25, 0.3) is 11.0 Å². The van der Waals surface area contributed by atoms with E-state index in [1.165, 1.54) is 13.2 Å². The van der Waals surface area contributed by atoms with Gasteiger partial charge in [-0.15, -0.1) is 0 Å². The standard InChI is InChI=1S/C18H22ClN7O2/c1-9(2)12-8-14(22-17-16(12)10(3)25-26(17)4)23-24-18(27)20-11-6-13(19)21-15(7-11)28-5/h6-9H,1-5H3,(H,22,23)(H2,20,21,24,27). The van der Waals surface area contributed by atoms with E-state index >= 15 is 0 Å². The summed E-state index contributed by atoms with van der Waals surface area (Å²) in [4.78, 5) is 20.7. The molecule has 148 valence electrons. The first-order valence-electron chi connectivity index (χ1n) is 8.67. The van der Waals surface area contributed by atoms with E-state index in [0.717, 1.165) is 22.3 Å². The summed E-state index contributed by atoms with van der Waals surface area (Å²) in [6.07, 6.45) is 0. The molecular weight excluding hydrogens is 382 g/mol. The number of aryl methyl sites for hydroxylation is 2. The number of fused-ring (bicyclic) bond motifs is 1. The second-order valence-electron chi connectivity index (χ2n) is 6.58. The van der Waals surface area contributed by atoms with Crippen LogP contribution in [0.1, 0.15) is 31.0 Å². The summed E-state index contributed by atoms with van der Waals surface area (Å²) in [6.45, 7) is 6.17. The Morgan fingerprint density at radius 2 is 2.00 bits per heavy atom. The molecule has 0 fully saturated rings. The van der Waals surface area contributed by atoms with Gasteiger partial charge in [0.25, 0.3) is 0 Å². The molecule has 0 bridgehead atoms. The van der Waals surface area contributed by atoms with Crippen molar-refractivity contribution in [3.63, 3.8) is 0 Å². The second-order valence-corrected chi connectivity index (χ2v) is 6.97. The molecule has 0 atom stereocenters. The van der Waals surface area contributed by atoms with Gasteiger partial charge in [-0.1, -0.05) is 25.4 Å². The zero-order chi connectivity index (χ0) is 20.4. The van der Waals surface area contributed by atoms with E-state index in [1.54, 1.807) is 10.7 Å². The van der Waals surface area contributed by atoms with Gasteiger partial charge >= 0.3 is 6.03 Å². The highest BCUT2D eigenvalue weighted by atomic mass is 35.5. The topological polar surface area (TPSA) is 106 Å². The van der Waals surface area contributed by atoms with Gasteiger partial charge < -0.3 is 10.1 Å². The molecule has 0 unspecified atom stereocenters. The van der Waals surface area contributed by atoms with E-state index in [4.69, 9.17) is 16.3 Å². The molecule has 3 rings (SSSR count). The molecule has 28 heavy (non-hydrogen) atoms. The Morgan fingerprint density at radius 1 is 1.25 bits per heavy atom. The summed E-state index contributed by atoms with van der Waals surface area (Å²) in [7, 11) is 3.31. The predicted molar refractivity (Wildman–Crippen MR) is 109 cm³/mol. The first-order chi connectivity index (χ1) is 13.3. The van der Waals surface area contributed by atoms with E-state index in [1.807, 2.05) is 20.0 Å². The molecule has 0 saturated heterocycles. The Morgan fingerprint density at radius 3 is 2.68 bits per heavy atom. The molecule has 3 aromatic rings. The Bertz CT molecular complexity index is 1030. The van der Waals surface area contributed by atoms with Crippen molar-refractivity contribution in [1.29, 1.82) is 0 Å². The summed E-state index contributed by atoms with van der Waals surface area (Å²) >= 11 is 5.91. The number of urea groups is 1. The molecule has 3 N–H and O–H groups in total. The summed E-state index contributed by atoms with van der Waals surface area (Å²) in [6, 6.07) is 4.50. The lowest BCUT2D eigenvalue weighted by atomic mass is 10.00. The second kappa shape index (κ2) is 7.89. The fourth-order valence-corrected chi connectivity index (χ4v) is 3.13. The fraction of sp³-hybridized carbons (Fsp3) is 0.333. The van der Waals surface area contributed by atoms with Crippen LogP contribution in [0.5, 0.6) is 5.88 Å². The van der Waals surface area contributed by atoms with Crippen molar-refractivity contribution in [2.24, 2.45) is 7.05 Å². The number of carbonyl (C=O) groups excluding carboxylic acids is 1. The van der Waals surface area contributed by atoms with Gasteiger partial charge in [-0.3, -0.25) is 15.5 Å². The SMILES string of the molecule is COc1cc(NC(=O)NNc2cc(C(C)C)c3c(C)nn(C)c3n2)cc(Cl)n1. The minimum atomic E-state index is -0.487. The van der Waals surface area contributed by atoms with Crippen molar-refractivity contribution in [3.8, 4) is 5.88 Å². The van der Waals surface area contributed by atoms with E-state index in [0.29, 0.717) is 17.4 Å². The number of nitrogens with zero attached hydrogens (tertiary/aromatic N) is 4. The highest BCUT2D eigenvalue weighted by Crippen LogP contribution is 2.29. The van der Waals surface area contributed by atoms with E-state index < -0.39 is 6.03 Å². The number of rotatable bonds is 5. The van der Waals surface area contributed by atoms with Crippen LogP contribution in [0.15, 0.2) is 18.2 Å². The van der Waals surface area contributed by atoms with Gasteiger partial charge in [-0.05, 0) is 30.5 Å². The van der Waals surface area contributed by atoms with Gasteiger partial charge in [0.15, 0.2) is 5.65 Å². The third-order valence-corrected chi connectivity index (χ3v) is 4.36. The number of halogens is 1. The number of methoxy groups -OCH3 is 1. The van der Waals surface area contributed by atoms with Crippen LogP contribution in [0.4, 0.5) is 16.3 Å². The Hall–Kier alpha value is -3.07. The van der Waals surface area contributed by atoms with Crippen molar-refractivity contribution in [1.82, 2.24) is 25.2 Å². The Labute approximate surface area is 167 Å². The van der Waals surface area contributed by atoms with E-state index in [-0.39, 0.29) is 11.1 Å². The first kappa shape index (κ1) is 19.7. The highest BCUT2D eigenvalue weighted by Gasteiger charge is 2.16. The monoisotopic (exact) mass is 403 g/mol. The van der Waals surface area contributed by atoms with Crippen molar-refractivity contribution < 1.29 is 9.53 Å². The average Bonchev–Trinajstić information content (AvgIpc) is 2.92. The molecular formula is C18H22ClN7O2. The van der Waals surface area contributed by atoms with Crippen LogP contribution in [0, 0.1) is 6.92 Å². The van der Waals surface area contributed by atoms with Gasteiger partial charge in [-0.25, -0.2) is 14.8 Å². The molecule has 10 heteroatoms. The van der Waals surface area contributed by atoms with Gasteiger partial charge in [-0.2, -0.15) is 5.10 Å². The number of nitrogens with one attached hydrogen (secondary N) is 3. The first-order valence-corrected chi connectivity index (χ1v) is 9.05. The molecule has 0 radical (unpaired) electrons. The zero-order valence-corrected chi connectivity index (χ0v) is 17.0. The number of ether oxygens (including phenoxy) is 1. The minimum Gasteiger partial charge on any atom is -0.481 e. The maximum absolute atomic E-state index is 12.2. The molecule has 0 spiro atoms. The van der Waals surface area contributed by atoms with Gasteiger partial charge in [0, 0.05) is 18.5 Å². The van der Waals surface area contributed by atoms with Crippen molar-refractivity contribution in [3.05, 3.63) is 34.6 Å². The van der Waals surface area contributed by atoms with Gasteiger partial charge in [0.05, 0.1) is 18.5 Å². The predicted octanol–water partition coefficient (Wildman–Crippen LogP) is 3.61. The van der Waals surface area contributed by atoms with Gasteiger partial charge in [0.1, 0.15) is 11.0 Å². The largest absolute Gasteiger partial charge is 0.481 e. The summed E-state index contributed by atoms with van der Waals surface area (Å²) in [5.41, 5.74) is 8.63. The highest BCUT2D eigenvalue weighted by molar-refractivity contribution is 6.29. The maximum atomic E-state index is 12.2. The normalized spacial score (nSPS) is 11.0. The number of anilines is 2. The summed E-state index contributed by atoms with van der Waals surface area (Å²) in [5.74, 6) is 1.09. The lowest BCUT2D eigenvalue weighted by Crippen LogP contribution is -2.34. The van der Waals surface area contributed by atoms with E-state index in [9.17, 15) is 4.79 Å². The summed E-state index contributed by atoms with van der Waals surface area (Å²) in [5, 5.41) is 8.35. The van der Waals surface area contributed by atoms with Crippen LogP contribution in [-0.2, 0) is 7.05 Å². The molecule has 3 aromatic heterocycles.